The highest BCUT2D eigenvalue weighted by atomic mass is 35.5. The molecule has 6 aromatic rings. The van der Waals surface area contributed by atoms with Crippen LogP contribution >= 0.6 is 23.2 Å². The molecule has 1 aliphatic heterocycles. The predicted molar refractivity (Wildman–Crippen MR) is 216 cm³/mol. The number of hydrogen-bond donors (Lipinski definition) is 1. The molecule has 0 spiro atoms. The normalized spacial score (nSPS) is 14.2. The summed E-state index contributed by atoms with van der Waals surface area (Å²) in [7, 11) is 3.11. The van der Waals surface area contributed by atoms with Gasteiger partial charge in [-0.15, -0.1) is 0 Å². The molecule has 1 amide bonds. The lowest BCUT2D eigenvalue weighted by Crippen LogP contribution is -2.43. The number of carboxylic acids is 1. The number of aromatic nitrogens is 4. The number of fused-ring (bicyclic) bond motifs is 4. The zero-order valence-corrected chi connectivity index (χ0v) is 33.4. The fourth-order valence-corrected chi connectivity index (χ4v) is 8.44. The molecule has 55 heavy (non-hydrogen) atoms. The monoisotopic (exact) mass is 783 g/mol. The van der Waals surface area contributed by atoms with E-state index in [0.717, 1.165) is 60.9 Å². The fourth-order valence-electron chi connectivity index (χ4n) is 8.08. The second-order valence-electron chi connectivity index (χ2n) is 14.1. The minimum absolute atomic E-state index is 0.0753. The molecule has 0 unspecified atom stereocenters. The van der Waals surface area contributed by atoms with E-state index in [1.165, 1.54) is 0 Å². The number of halogens is 2. The molecule has 0 aliphatic carbocycles. The van der Waals surface area contributed by atoms with Gasteiger partial charge in [0, 0.05) is 64.6 Å². The molecule has 0 bridgehead atoms. The van der Waals surface area contributed by atoms with Gasteiger partial charge in [-0.1, -0.05) is 29.3 Å². The lowest BCUT2D eigenvalue weighted by Gasteiger charge is -2.35. The third-order valence-electron chi connectivity index (χ3n) is 10.5. The minimum Gasteiger partial charge on any atom is -0.496 e. The minimum atomic E-state index is -1.09. The summed E-state index contributed by atoms with van der Waals surface area (Å²) in [6.45, 7) is 11.1. The number of aryl methyl sites for hydroxylation is 5. The van der Waals surface area contributed by atoms with Gasteiger partial charge >= 0.3 is 5.97 Å². The summed E-state index contributed by atoms with van der Waals surface area (Å²) in [5.41, 5.74) is 8.57. The van der Waals surface area contributed by atoms with Gasteiger partial charge in [-0.2, -0.15) is 0 Å². The number of carboxylic acid groups (broad SMARTS) is 1. The van der Waals surface area contributed by atoms with Gasteiger partial charge in [0.2, 0.25) is 0 Å². The van der Waals surface area contributed by atoms with Crippen molar-refractivity contribution < 1.29 is 28.9 Å². The van der Waals surface area contributed by atoms with Crippen molar-refractivity contribution in [3.63, 3.8) is 0 Å². The van der Waals surface area contributed by atoms with E-state index in [1.54, 1.807) is 42.1 Å². The number of carbonyl (C=O) groups is 2. The first kappa shape index (κ1) is 38.2. The first-order chi connectivity index (χ1) is 26.4. The molecule has 0 saturated carbocycles. The maximum absolute atomic E-state index is 15.3. The van der Waals surface area contributed by atoms with Crippen molar-refractivity contribution in [2.24, 2.45) is 0 Å². The lowest BCUT2D eigenvalue weighted by atomic mass is 9.97. The van der Waals surface area contributed by atoms with Crippen molar-refractivity contribution in [3.8, 4) is 22.6 Å². The SMILES string of the molecule is COCCn1c(C(=O)O)cc2c(OC)ccc(N3C[C@@H](C)n4c(c(CCCOc5cc(C)c(Cl)c(C)c5)c5ccc(Cl)c(-c6c(C)ncnc6C)c54)C3=O)c21. The topological polar surface area (TPSA) is 121 Å². The van der Waals surface area contributed by atoms with E-state index in [9.17, 15) is 9.90 Å². The number of methoxy groups -OCH3 is 2. The van der Waals surface area contributed by atoms with Crippen molar-refractivity contribution >= 4 is 62.6 Å². The van der Waals surface area contributed by atoms with Gasteiger partial charge in [-0.25, -0.2) is 14.8 Å². The molecule has 0 radical (unpaired) electrons. The van der Waals surface area contributed by atoms with E-state index >= 15 is 4.79 Å². The van der Waals surface area contributed by atoms with Crippen LogP contribution in [-0.2, 0) is 17.7 Å². The molecule has 0 saturated heterocycles. The van der Waals surface area contributed by atoms with E-state index in [-0.39, 0.29) is 30.8 Å². The highest BCUT2D eigenvalue weighted by molar-refractivity contribution is 6.35. The van der Waals surface area contributed by atoms with Crippen LogP contribution in [0.1, 0.15) is 68.4 Å². The molecule has 3 aromatic heterocycles. The molecule has 11 nitrogen and oxygen atoms in total. The van der Waals surface area contributed by atoms with Gasteiger partial charge in [0.15, 0.2) is 0 Å². The number of rotatable bonds is 12. The van der Waals surface area contributed by atoms with Crippen LogP contribution in [0.3, 0.4) is 0 Å². The Morgan fingerprint density at radius 2 is 1.64 bits per heavy atom. The number of ether oxygens (including phenoxy) is 3. The van der Waals surface area contributed by atoms with E-state index in [0.29, 0.717) is 59.0 Å². The summed E-state index contributed by atoms with van der Waals surface area (Å²) in [6, 6.07) is 12.7. The molecule has 13 heteroatoms. The average molecular weight is 785 g/mol. The molecule has 286 valence electrons. The summed E-state index contributed by atoms with van der Waals surface area (Å²) in [5.74, 6) is -0.0568. The Hall–Kier alpha value is -5.10. The molecule has 0 fully saturated rings. The zero-order valence-electron chi connectivity index (χ0n) is 31.9. The summed E-state index contributed by atoms with van der Waals surface area (Å²) in [6.07, 6.45) is 2.70. The van der Waals surface area contributed by atoms with Crippen LogP contribution in [0.4, 0.5) is 5.69 Å². The van der Waals surface area contributed by atoms with Crippen molar-refractivity contribution in [2.45, 2.75) is 60.0 Å². The largest absolute Gasteiger partial charge is 0.496 e. The maximum Gasteiger partial charge on any atom is 0.352 e. The van der Waals surface area contributed by atoms with E-state index < -0.39 is 5.97 Å². The number of aromatic carboxylic acids is 1. The van der Waals surface area contributed by atoms with Gasteiger partial charge < -0.3 is 33.4 Å². The number of hydrogen-bond acceptors (Lipinski definition) is 7. The van der Waals surface area contributed by atoms with Crippen molar-refractivity contribution in [1.82, 2.24) is 19.1 Å². The smallest absolute Gasteiger partial charge is 0.352 e. The first-order valence-electron chi connectivity index (χ1n) is 18.2. The van der Waals surface area contributed by atoms with Gasteiger partial charge in [-0.05, 0) is 101 Å². The Balaban J connectivity index is 1.41. The highest BCUT2D eigenvalue weighted by Crippen LogP contribution is 2.46. The molecule has 7 rings (SSSR count). The van der Waals surface area contributed by atoms with Crippen molar-refractivity contribution in [2.75, 3.05) is 38.9 Å². The standard InChI is InChI=1S/C42H43Cl2N5O6/c1-22-17-27(18-23(2)37(22)44)55-15-8-9-28-29-10-11-31(43)36(35-25(4)45-21-46-26(35)5)39(29)49-24(3)20-48(41(50)40(28)49)32-12-13-34(54-7)30-19-33(42(51)52)47(38(30)32)14-16-53-6/h10-13,17-19,21,24H,8-9,14-16,20H2,1-7H3,(H,51,52)/t24-/m1/s1. The van der Waals surface area contributed by atoms with Crippen LogP contribution in [0.25, 0.3) is 32.9 Å². The van der Waals surface area contributed by atoms with Crippen molar-refractivity contribution in [1.29, 1.82) is 0 Å². The Labute approximate surface area is 329 Å². The number of anilines is 1. The summed E-state index contributed by atoms with van der Waals surface area (Å²) >= 11 is 13.5. The van der Waals surface area contributed by atoms with E-state index in [1.807, 2.05) is 58.0 Å². The average Bonchev–Trinajstić information content (AvgIpc) is 3.70. The molecular formula is C42H43Cl2N5O6. The molecule has 4 heterocycles. The quantitative estimate of drug-likeness (QED) is 0.122. The molecule has 3 aromatic carbocycles. The van der Waals surface area contributed by atoms with Gasteiger partial charge in [0.1, 0.15) is 29.2 Å². The highest BCUT2D eigenvalue weighted by Gasteiger charge is 2.38. The lowest BCUT2D eigenvalue weighted by molar-refractivity contribution is 0.0683. The number of benzene rings is 3. The third kappa shape index (κ3) is 6.58. The Kier molecular flexibility index (Phi) is 10.6. The van der Waals surface area contributed by atoms with Gasteiger partial charge in [0.05, 0.1) is 42.1 Å². The summed E-state index contributed by atoms with van der Waals surface area (Å²) < 4.78 is 21.1. The second kappa shape index (κ2) is 15.2. The molecule has 1 aliphatic rings. The number of nitrogens with zero attached hydrogens (tertiary/aromatic N) is 5. The zero-order chi connectivity index (χ0) is 39.3. The molecule has 1 atom stereocenters. The summed E-state index contributed by atoms with van der Waals surface area (Å²) in [4.78, 5) is 38.6. The summed E-state index contributed by atoms with van der Waals surface area (Å²) in [5, 5.41) is 13.0. The van der Waals surface area contributed by atoms with Crippen LogP contribution in [0.15, 0.2) is 48.8 Å². The van der Waals surface area contributed by atoms with Crippen LogP contribution in [0.2, 0.25) is 10.0 Å². The van der Waals surface area contributed by atoms with Crippen LogP contribution < -0.4 is 14.4 Å². The third-order valence-corrected chi connectivity index (χ3v) is 11.4. The first-order valence-corrected chi connectivity index (χ1v) is 18.9. The second-order valence-corrected chi connectivity index (χ2v) is 14.8. The number of carbonyl (C=O) groups excluding carboxylic acids is 1. The fraction of sp³-hybridized carbons (Fsp3) is 0.333. The molecular weight excluding hydrogens is 741 g/mol. The van der Waals surface area contributed by atoms with Gasteiger partial charge in [0.25, 0.3) is 5.91 Å². The van der Waals surface area contributed by atoms with Crippen molar-refractivity contribution in [3.05, 3.63) is 98.3 Å². The van der Waals surface area contributed by atoms with E-state index in [2.05, 4.69) is 21.5 Å². The maximum atomic E-state index is 15.3. The number of amides is 1. The Morgan fingerprint density at radius 3 is 2.29 bits per heavy atom. The Bertz CT molecular complexity index is 2460. The van der Waals surface area contributed by atoms with Gasteiger partial charge in [-0.3, -0.25) is 4.79 Å². The van der Waals surface area contributed by atoms with Crippen LogP contribution in [0, 0.1) is 27.7 Å². The van der Waals surface area contributed by atoms with E-state index in [4.69, 9.17) is 37.4 Å². The Morgan fingerprint density at radius 1 is 0.927 bits per heavy atom. The van der Waals surface area contributed by atoms with Crippen LogP contribution in [0.5, 0.6) is 11.5 Å². The predicted octanol–water partition coefficient (Wildman–Crippen LogP) is 9.18. The molecule has 1 N–H and O–H groups in total. The van der Waals surface area contributed by atoms with Crippen LogP contribution in [-0.4, -0.2) is 70.1 Å².